The van der Waals surface area contributed by atoms with Crippen molar-refractivity contribution in [2.24, 2.45) is 0 Å². The van der Waals surface area contributed by atoms with Gasteiger partial charge < -0.3 is 4.90 Å². The maximum Gasteiger partial charge on any atom is 0.161 e. The van der Waals surface area contributed by atoms with Gasteiger partial charge in [0.05, 0.1) is 11.6 Å². The van der Waals surface area contributed by atoms with E-state index in [2.05, 4.69) is 11.0 Å². The lowest BCUT2D eigenvalue weighted by atomic mass is 10.0. The number of benzene rings is 1. The summed E-state index contributed by atoms with van der Waals surface area (Å²) in [5.74, 6) is 2.31. The molecule has 1 aliphatic rings. The third kappa shape index (κ3) is 2.51. The summed E-state index contributed by atoms with van der Waals surface area (Å²) >= 11 is 1.94. The van der Waals surface area contributed by atoms with Gasteiger partial charge in [-0.05, 0) is 37.3 Å². The van der Waals surface area contributed by atoms with Gasteiger partial charge in [-0.2, -0.15) is 17.0 Å². The molecular weight excluding hydrogens is 244 g/mol. The van der Waals surface area contributed by atoms with E-state index in [1.807, 2.05) is 24.9 Å². The number of rotatable bonds is 3. The molecule has 18 heavy (non-hydrogen) atoms. The molecule has 1 saturated heterocycles. The van der Waals surface area contributed by atoms with Crippen LogP contribution < -0.4 is 4.90 Å². The first kappa shape index (κ1) is 13.0. The van der Waals surface area contributed by atoms with Crippen molar-refractivity contribution in [3.63, 3.8) is 0 Å². The largest absolute Gasteiger partial charge is 0.370 e. The number of hydrogen-bond donors (Lipinski definition) is 0. The van der Waals surface area contributed by atoms with Gasteiger partial charge in [-0.15, -0.1) is 0 Å². The molecule has 1 aliphatic heterocycles. The molecule has 0 amide bonds. The average molecular weight is 260 g/mol. The topological polar surface area (TPSA) is 44.1 Å². The predicted octanol–water partition coefficient (Wildman–Crippen LogP) is 2.70. The van der Waals surface area contributed by atoms with Crippen molar-refractivity contribution in [2.45, 2.75) is 19.4 Å². The number of thioether (sulfide) groups is 1. The van der Waals surface area contributed by atoms with Crippen LogP contribution in [0, 0.1) is 11.3 Å². The molecule has 1 fully saturated rings. The standard InChI is InChI=1S/C14H16N2OS/c1-10(17)13-4-3-11(8-15)7-14(13)16(2)12-5-6-18-9-12/h3-4,7,12H,5-6,9H2,1-2H3. The Hall–Kier alpha value is -1.47. The van der Waals surface area contributed by atoms with Crippen LogP contribution in [-0.4, -0.2) is 30.4 Å². The number of nitriles is 1. The molecule has 0 saturated carbocycles. The lowest BCUT2D eigenvalue weighted by Crippen LogP contribution is -2.32. The highest BCUT2D eigenvalue weighted by atomic mass is 32.2. The summed E-state index contributed by atoms with van der Waals surface area (Å²) in [4.78, 5) is 13.8. The summed E-state index contributed by atoms with van der Waals surface area (Å²) in [6.45, 7) is 1.57. The molecule has 2 rings (SSSR count). The molecule has 1 aromatic carbocycles. The fraction of sp³-hybridized carbons (Fsp3) is 0.429. The number of carbonyl (C=O) groups excluding carboxylic acids is 1. The van der Waals surface area contributed by atoms with Crippen LogP contribution >= 0.6 is 11.8 Å². The Labute approximate surface area is 112 Å². The third-order valence-corrected chi connectivity index (χ3v) is 4.48. The third-order valence-electron chi connectivity index (χ3n) is 3.34. The second-order valence-corrected chi connectivity index (χ2v) is 5.68. The SMILES string of the molecule is CC(=O)c1ccc(C#N)cc1N(C)C1CCSC1. The van der Waals surface area contributed by atoms with Crippen molar-refractivity contribution >= 4 is 23.2 Å². The highest BCUT2D eigenvalue weighted by molar-refractivity contribution is 7.99. The molecule has 0 N–H and O–H groups in total. The van der Waals surface area contributed by atoms with Gasteiger partial charge in [0.25, 0.3) is 0 Å². The Bertz CT molecular complexity index is 501. The molecule has 1 atom stereocenters. The first-order valence-electron chi connectivity index (χ1n) is 5.99. The summed E-state index contributed by atoms with van der Waals surface area (Å²) in [6.07, 6.45) is 1.13. The van der Waals surface area contributed by atoms with Crippen molar-refractivity contribution in [1.82, 2.24) is 0 Å². The predicted molar refractivity (Wildman–Crippen MR) is 75.3 cm³/mol. The molecule has 0 aliphatic carbocycles. The highest BCUT2D eigenvalue weighted by Crippen LogP contribution is 2.29. The zero-order chi connectivity index (χ0) is 13.1. The van der Waals surface area contributed by atoms with E-state index in [4.69, 9.17) is 5.26 Å². The van der Waals surface area contributed by atoms with Crippen molar-refractivity contribution in [3.8, 4) is 6.07 Å². The molecule has 94 valence electrons. The summed E-state index contributed by atoms with van der Waals surface area (Å²) in [5, 5.41) is 8.98. The van der Waals surface area contributed by atoms with Crippen LogP contribution in [0.5, 0.6) is 0 Å². The molecule has 1 heterocycles. The van der Waals surface area contributed by atoms with Crippen LogP contribution in [-0.2, 0) is 0 Å². The van der Waals surface area contributed by atoms with E-state index < -0.39 is 0 Å². The fourth-order valence-electron chi connectivity index (χ4n) is 2.21. The minimum absolute atomic E-state index is 0.0481. The van der Waals surface area contributed by atoms with E-state index in [0.717, 1.165) is 17.9 Å². The first-order chi connectivity index (χ1) is 8.63. The molecule has 4 heteroatoms. The van der Waals surface area contributed by atoms with Crippen molar-refractivity contribution in [2.75, 3.05) is 23.5 Å². The number of nitrogens with zero attached hydrogens (tertiary/aromatic N) is 2. The molecule has 3 nitrogen and oxygen atoms in total. The number of Topliss-reactive ketones (excluding diaryl/α,β-unsaturated/α-hetero) is 1. The van der Waals surface area contributed by atoms with E-state index in [9.17, 15) is 4.79 Å². The van der Waals surface area contributed by atoms with Crippen molar-refractivity contribution in [3.05, 3.63) is 29.3 Å². The van der Waals surface area contributed by atoms with Gasteiger partial charge in [0.15, 0.2) is 5.78 Å². The number of carbonyl (C=O) groups is 1. The van der Waals surface area contributed by atoms with Gasteiger partial charge in [0.2, 0.25) is 0 Å². The minimum Gasteiger partial charge on any atom is -0.370 e. The Morgan fingerprint density at radius 3 is 2.89 bits per heavy atom. The minimum atomic E-state index is 0.0481. The first-order valence-corrected chi connectivity index (χ1v) is 7.14. The smallest absolute Gasteiger partial charge is 0.161 e. The van der Waals surface area contributed by atoms with Crippen LogP contribution in [0.1, 0.15) is 29.3 Å². The monoisotopic (exact) mass is 260 g/mol. The van der Waals surface area contributed by atoms with Crippen LogP contribution in [0.3, 0.4) is 0 Å². The maximum absolute atomic E-state index is 11.7. The number of hydrogen-bond acceptors (Lipinski definition) is 4. The molecular formula is C14H16N2OS. The Morgan fingerprint density at radius 2 is 2.33 bits per heavy atom. The van der Waals surface area contributed by atoms with Crippen LogP contribution in [0.2, 0.25) is 0 Å². The molecule has 0 radical (unpaired) electrons. The molecule has 0 aromatic heterocycles. The Morgan fingerprint density at radius 1 is 1.56 bits per heavy atom. The Balaban J connectivity index is 2.39. The van der Waals surface area contributed by atoms with E-state index >= 15 is 0 Å². The zero-order valence-corrected chi connectivity index (χ0v) is 11.5. The summed E-state index contributed by atoms with van der Waals surface area (Å²) in [6, 6.07) is 7.88. The van der Waals surface area contributed by atoms with Gasteiger partial charge >= 0.3 is 0 Å². The number of ketones is 1. The van der Waals surface area contributed by atoms with E-state index in [1.54, 1.807) is 19.1 Å². The summed E-state index contributed by atoms with van der Waals surface area (Å²) in [5.41, 5.74) is 2.19. The molecule has 1 aromatic rings. The van der Waals surface area contributed by atoms with Crippen LogP contribution in [0.4, 0.5) is 5.69 Å². The summed E-state index contributed by atoms with van der Waals surface area (Å²) < 4.78 is 0. The average Bonchev–Trinajstić information content (AvgIpc) is 2.90. The van der Waals surface area contributed by atoms with Crippen molar-refractivity contribution < 1.29 is 4.79 Å². The lowest BCUT2D eigenvalue weighted by Gasteiger charge is -2.27. The normalized spacial score (nSPS) is 18.4. The van der Waals surface area contributed by atoms with Gasteiger partial charge in [-0.3, -0.25) is 4.79 Å². The maximum atomic E-state index is 11.7. The Kier molecular flexibility index (Phi) is 3.93. The van der Waals surface area contributed by atoms with Gasteiger partial charge in [-0.25, -0.2) is 0 Å². The van der Waals surface area contributed by atoms with Gasteiger partial charge in [-0.1, -0.05) is 0 Å². The highest BCUT2D eigenvalue weighted by Gasteiger charge is 2.23. The van der Waals surface area contributed by atoms with Crippen molar-refractivity contribution in [1.29, 1.82) is 5.26 Å². The van der Waals surface area contributed by atoms with Gasteiger partial charge in [0.1, 0.15) is 0 Å². The lowest BCUT2D eigenvalue weighted by molar-refractivity contribution is 0.101. The van der Waals surface area contributed by atoms with Crippen LogP contribution in [0.25, 0.3) is 0 Å². The number of anilines is 1. The fourth-order valence-corrected chi connectivity index (χ4v) is 3.48. The van der Waals surface area contributed by atoms with E-state index in [-0.39, 0.29) is 5.78 Å². The zero-order valence-electron chi connectivity index (χ0n) is 10.6. The quantitative estimate of drug-likeness (QED) is 0.784. The second-order valence-electron chi connectivity index (χ2n) is 4.53. The van der Waals surface area contributed by atoms with E-state index in [0.29, 0.717) is 17.2 Å². The molecule has 0 spiro atoms. The van der Waals surface area contributed by atoms with Gasteiger partial charge in [0, 0.05) is 30.1 Å². The van der Waals surface area contributed by atoms with Crippen LogP contribution in [0.15, 0.2) is 18.2 Å². The molecule has 1 unspecified atom stereocenters. The molecule has 0 bridgehead atoms. The van der Waals surface area contributed by atoms with E-state index in [1.165, 1.54) is 5.75 Å². The second kappa shape index (κ2) is 5.45. The summed E-state index contributed by atoms with van der Waals surface area (Å²) in [7, 11) is 2.01.